The predicted molar refractivity (Wildman–Crippen MR) is 462 cm³/mol. The third-order valence-corrected chi connectivity index (χ3v) is 24.3. The molecule has 16 aromatic carbocycles. The van der Waals surface area contributed by atoms with Gasteiger partial charge in [0, 0.05) is 55.3 Å². The molecule has 0 unspecified atom stereocenters. The van der Waals surface area contributed by atoms with Crippen LogP contribution in [0.3, 0.4) is 0 Å². The number of hydrogen-bond donors (Lipinski definition) is 1. The largest absolute Gasteiger partial charge is 0.355 e. The van der Waals surface area contributed by atoms with Crippen LogP contribution in [-0.4, -0.2) is 29.9 Å². The molecule has 0 fully saturated rings. The van der Waals surface area contributed by atoms with Gasteiger partial charge in [0.15, 0.2) is 23.3 Å². The zero-order valence-corrected chi connectivity index (χ0v) is 63.8. The number of benzene rings is 16. The van der Waals surface area contributed by atoms with E-state index in [9.17, 15) is 0 Å². The van der Waals surface area contributed by atoms with Gasteiger partial charge in [0.2, 0.25) is 11.2 Å². The highest BCUT2D eigenvalue weighted by atomic mass is 35.5. The van der Waals surface area contributed by atoms with Crippen LogP contribution < -0.4 is 10.2 Å². The van der Waals surface area contributed by atoms with Crippen molar-refractivity contribution in [1.82, 2.24) is 29.9 Å². The number of aromatic nitrogens is 6. The van der Waals surface area contributed by atoms with Crippen LogP contribution >= 0.6 is 11.6 Å². The molecule has 0 bridgehead atoms. The normalized spacial score (nSPS) is 14.5. The summed E-state index contributed by atoms with van der Waals surface area (Å²) < 4.78 is 0. The smallest absolute Gasteiger partial charge is 0.238 e. The van der Waals surface area contributed by atoms with E-state index in [4.69, 9.17) is 26.6 Å². The second-order valence-corrected chi connectivity index (χ2v) is 32.3. The van der Waals surface area contributed by atoms with Crippen LogP contribution in [0.25, 0.3) is 132 Å². The first-order chi connectivity index (χ1) is 54.0. The van der Waals surface area contributed by atoms with Crippen molar-refractivity contribution in [3.05, 3.63) is 365 Å². The van der Waals surface area contributed by atoms with E-state index in [-0.39, 0.29) is 26.9 Å². The molecule has 0 atom stereocenters. The van der Waals surface area contributed by atoms with Gasteiger partial charge >= 0.3 is 0 Å². The monoisotopic (exact) mass is 1450 g/mol. The minimum atomic E-state index is -0.290. The van der Waals surface area contributed by atoms with Crippen molar-refractivity contribution in [2.45, 2.75) is 77.0 Å². The summed E-state index contributed by atoms with van der Waals surface area (Å²) in [5.41, 5.74) is 23.8. The summed E-state index contributed by atoms with van der Waals surface area (Å²) in [7, 11) is 0. The lowest BCUT2D eigenvalue weighted by Gasteiger charge is -2.41. The van der Waals surface area contributed by atoms with Crippen LogP contribution in [0.1, 0.15) is 99.9 Å². The highest BCUT2D eigenvalue weighted by Crippen LogP contribution is 2.60. The first-order valence-corrected chi connectivity index (χ1v) is 38.6. The highest BCUT2D eigenvalue weighted by molar-refractivity contribution is 6.29. The minimum Gasteiger partial charge on any atom is -0.355 e. The van der Waals surface area contributed by atoms with Crippen LogP contribution in [0.2, 0.25) is 5.28 Å². The van der Waals surface area contributed by atoms with E-state index in [0.717, 1.165) is 33.6 Å². The van der Waals surface area contributed by atoms with Crippen molar-refractivity contribution in [1.29, 1.82) is 0 Å². The molecule has 0 saturated heterocycles. The van der Waals surface area contributed by atoms with E-state index in [2.05, 4.69) is 299 Å². The maximum Gasteiger partial charge on any atom is 0.238 e. The molecule has 532 valence electrons. The number of para-hydroxylation sites is 2. The third kappa shape index (κ3) is 10.8. The van der Waals surface area contributed by atoms with Crippen molar-refractivity contribution in [3.8, 4) is 67.8 Å². The number of hydrogen-bond acceptors (Lipinski definition) is 8. The molecule has 2 aliphatic carbocycles. The fourth-order valence-electron chi connectivity index (χ4n) is 18.4. The first-order valence-electron chi connectivity index (χ1n) is 38.3. The molecule has 111 heavy (non-hydrogen) atoms. The van der Waals surface area contributed by atoms with E-state index < -0.39 is 0 Å². The summed E-state index contributed by atoms with van der Waals surface area (Å²) in [6.07, 6.45) is 0. The Morgan fingerprint density at radius 1 is 0.234 bits per heavy atom. The van der Waals surface area contributed by atoms with Crippen LogP contribution in [0.15, 0.2) is 315 Å². The Morgan fingerprint density at radius 3 is 0.973 bits per heavy atom. The van der Waals surface area contributed by atoms with Gasteiger partial charge in [-0.15, -0.1) is 0 Å². The number of nitrogens with one attached hydrogen (secondary N) is 1. The second-order valence-electron chi connectivity index (χ2n) is 31.9. The summed E-state index contributed by atoms with van der Waals surface area (Å²) in [5.74, 6) is 3.06. The number of halogens is 1. The van der Waals surface area contributed by atoms with Crippen LogP contribution in [-0.2, 0) is 21.7 Å². The minimum absolute atomic E-state index is 0.0706. The van der Waals surface area contributed by atoms with Crippen molar-refractivity contribution < 1.29 is 0 Å². The van der Waals surface area contributed by atoms with Gasteiger partial charge in [-0.3, -0.25) is 4.90 Å². The van der Waals surface area contributed by atoms with Crippen molar-refractivity contribution >= 4 is 105 Å². The van der Waals surface area contributed by atoms with Crippen LogP contribution in [0.4, 0.5) is 28.7 Å². The topological polar surface area (TPSA) is 92.6 Å². The zero-order chi connectivity index (χ0) is 75.2. The van der Waals surface area contributed by atoms with Crippen molar-refractivity contribution in [2.24, 2.45) is 0 Å². The quantitative estimate of drug-likeness (QED) is 0.170. The number of fused-ring (bicyclic) bond motifs is 22. The van der Waals surface area contributed by atoms with Gasteiger partial charge in [-0.05, 0) is 204 Å². The molecule has 0 amide bonds. The van der Waals surface area contributed by atoms with E-state index >= 15 is 0 Å². The molecule has 4 heterocycles. The molecule has 1 N–H and O–H groups in total. The SMILES string of the molecule is CC1(C)c2cc3c(cc2-c2cc4c5ccccc5c5ccccc5c4cc21)C(C)(C)c1ccccc1N3c1nc(-c2ccccc2)nc(-c2ccccc2)n1.CC1(C)c2ccccc2Nc2cc3c(cc21)-c1cc2c4ccccc4c4ccccc4c2cc1C3(C)C.Clc1nc(-c2ccccc2)nc(-c2ccccc2)n1. The molecule has 8 nitrogen and oxygen atoms in total. The lowest BCUT2D eigenvalue weighted by atomic mass is 9.72. The predicted octanol–water partition coefficient (Wildman–Crippen LogP) is 26.8. The Hall–Kier alpha value is -13.0. The molecule has 0 saturated carbocycles. The molecular weight excluding hydrogens is 1370 g/mol. The fraction of sp³-hybridized carbons (Fsp3) is 0.118. The number of anilines is 5. The maximum atomic E-state index is 5.99. The average Bonchev–Trinajstić information content (AvgIpc) is 1.58. The van der Waals surface area contributed by atoms with E-state index in [0.29, 0.717) is 29.2 Å². The lowest BCUT2D eigenvalue weighted by Crippen LogP contribution is -2.32. The summed E-state index contributed by atoms with van der Waals surface area (Å²) in [6, 6.07) is 113. The first kappa shape index (κ1) is 67.4. The molecule has 22 rings (SSSR count). The summed E-state index contributed by atoms with van der Waals surface area (Å²) in [6.45, 7) is 19.0. The lowest BCUT2D eigenvalue weighted by molar-refractivity contribution is 0.626. The van der Waals surface area contributed by atoms with Gasteiger partial charge in [0.25, 0.3) is 0 Å². The number of rotatable bonds is 5. The molecule has 0 spiro atoms. The van der Waals surface area contributed by atoms with Gasteiger partial charge in [-0.1, -0.05) is 310 Å². The Kier molecular flexibility index (Phi) is 15.5. The average molecular weight is 1450 g/mol. The second kappa shape index (κ2) is 25.6. The van der Waals surface area contributed by atoms with Crippen LogP contribution in [0, 0.1) is 0 Å². The molecule has 9 heteroatoms. The van der Waals surface area contributed by atoms with Gasteiger partial charge in [-0.2, -0.15) is 19.9 Å². The molecule has 4 aliphatic rings. The Labute approximate surface area is 650 Å². The number of nitrogens with zero attached hydrogens (tertiary/aromatic N) is 7. The Bertz CT molecular complexity index is 6760. The third-order valence-electron chi connectivity index (χ3n) is 24.2. The Morgan fingerprint density at radius 2 is 0.541 bits per heavy atom. The molecule has 2 aromatic heterocycles. The summed E-state index contributed by atoms with van der Waals surface area (Å²) in [4.78, 5) is 30.7. The Balaban J connectivity index is 0.000000123. The van der Waals surface area contributed by atoms with Gasteiger partial charge in [-0.25, -0.2) is 9.97 Å². The highest BCUT2D eigenvalue weighted by Gasteiger charge is 2.45. The zero-order valence-electron chi connectivity index (χ0n) is 63.0. The maximum absolute atomic E-state index is 5.99. The standard InChI is InChI=1S/C51H38N4.C36H29N.C15H10ClN3/c1-50(2)41-25-15-16-26-45(41)55(49-53-47(31-17-7-5-8-18-31)52-48(54-49)32-19-9-6-10-20-32)46-30-43-40(29-44(46)50)39-27-37-35-23-13-11-21-33(35)34-22-12-14-24-36(34)38(37)28-42(39)51(43,3)4;1-35(2)29-15-9-10-16-33(29)37-34-20-31-28(19-32(34)35)27-17-25-23-13-7-5-11-21(23)22-12-6-8-14-24(22)26(25)18-30(27)36(31,3)4;16-15-18-13(11-7-3-1-4-8-11)17-14(19-15)12-9-5-2-6-10-12/h5-30H,1-4H3;5-20,37H,1-4H3;1-10H. The van der Waals surface area contributed by atoms with E-state index in [1.54, 1.807) is 0 Å². The summed E-state index contributed by atoms with van der Waals surface area (Å²) >= 11 is 5.99. The van der Waals surface area contributed by atoms with E-state index in [1.165, 1.54) is 143 Å². The van der Waals surface area contributed by atoms with Crippen molar-refractivity contribution in [3.63, 3.8) is 0 Å². The molecular formula is C102H77ClN8. The van der Waals surface area contributed by atoms with Crippen molar-refractivity contribution in [2.75, 3.05) is 10.2 Å². The van der Waals surface area contributed by atoms with Gasteiger partial charge < -0.3 is 5.32 Å². The van der Waals surface area contributed by atoms with Gasteiger partial charge in [0.05, 0.1) is 11.4 Å². The molecule has 0 radical (unpaired) electrons. The molecule has 2 aliphatic heterocycles. The van der Waals surface area contributed by atoms with Crippen LogP contribution in [0.5, 0.6) is 0 Å². The molecule has 18 aromatic rings. The fourth-order valence-corrected chi connectivity index (χ4v) is 18.6. The van der Waals surface area contributed by atoms with E-state index in [1.807, 2.05) is 97.1 Å². The summed E-state index contributed by atoms with van der Waals surface area (Å²) in [5, 5.41) is 19.8. The van der Waals surface area contributed by atoms with Gasteiger partial charge in [0.1, 0.15) is 0 Å².